The molecule has 7 nitrogen and oxygen atoms in total. The lowest BCUT2D eigenvalue weighted by atomic mass is 10.1. The second kappa shape index (κ2) is 7.60. The highest BCUT2D eigenvalue weighted by atomic mass is 32.1. The van der Waals surface area contributed by atoms with Crippen LogP contribution in [0.1, 0.15) is 51.1 Å². The largest absolute Gasteiger partial charge is 0.457 e. The van der Waals surface area contributed by atoms with Gasteiger partial charge in [-0.25, -0.2) is 0 Å². The zero-order valence-electron chi connectivity index (χ0n) is 14.6. The van der Waals surface area contributed by atoms with Crippen molar-refractivity contribution in [1.82, 2.24) is 9.55 Å². The van der Waals surface area contributed by atoms with Crippen LogP contribution < -0.4 is 4.87 Å². The molecule has 2 aromatic rings. The van der Waals surface area contributed by atoms with Crippen LogP contribution in [0.15, 0.2) is 10.2 Å². The highest BCUT2D eigenvalue weighted by Gasteiger charge is 2.20. The van der Waals surface area contributed by atoms with Crippen LogP contribution in [0.5, 0.6) is 0 Å². The molecule has 0 bridgehead atoms. The Bertz CT molecular complexity index is 887. The van der Waals surface area contributed by atoms with Gasteiger partial charge in [0.05, 0.1) is 12.1 Å². The smallest absolute Gasteiger partial charge is 0.308 e. The molecule has 0 unspecified atom stereocenters. The summed E-state index contributed by atoms with van der Waals surface area (Å²) < 4.78 is 6.49. The van der Waals surface area contributed by atoms with E-state index in [9.17, 15) is 19.2 Å². The number of aromatic amines is 1. The van der Waals surface area contributed by atoms with Gasteiger partial charge in [0.2, 0.25) is 5.78 Å². The van der Waals surface area contributed by atoms with Gasteiger partial charge in [-0.1, -0.05) is 11.3 Å². The Labute approximate surface area is 148 Å². The summed E-state index contributed by atoms with van der Waals surface area (Å²) in [6.07, 6.45) is 0.00614. The summed E-state index contributed by atoms with van der Waals surface area (Å²) in [6.45, 7) is 6.43. The van der Waals surface area contributed by atoms with Gasteiger partial charge in [0.25, 0.3) is 0 Å². The molecule has 134 valence electrons. The predicted octanol–water partition coefficient (Wildman–Crippen LogP) is 2.18. The number of Topliss-reactive ketones (excluding diaryl/α,β-unsaturated/α-hetero) is 2. The number of hydrogen-bond donors (Lipinski definition) is 1. The van der Waals surface area contributed by atoms with Crippen LogP contribution in [0, 0.1) is 20.8 Å². The number of nitrogens with one attached hydrogen (secondary N) is 1. The maximum absolute atomic E-state index is 12.2. The summed E-state index contributed by atoms with van der Waals surface area (Å²) in [5.41, 5.74) is 2.73. The van der Waals surface area contributed by atoms with Crippen molar-refractivity contribution in [1.29, 1.82) is 0 Å². The fourth-order valence-electron chi connectivity index (χ4n) is 2.72. The van der Waals surface area contributed by atoms with Crippen LogP contribution in [0.2, 0.25) is 0 Å². The second-order valence-corrected chi connectivity index (χ2v) is 6.63. The first-order valence-electron chi connectivity index (χ1n) is 7.76. The molecule has 2 heterocycles. The van der Waals surface area contributed by atoms with Gasteiger partial charge >= 0.3 is 10.8 Å². The van der Waals surface area contributed by atoms with E-state index in [0.29, 0.717) is 16.8 Å². The van der Waals surface area contributed by atoms with Crippen molar-refractivity contribution in [3.05, 3.63) is 43.3 Å². The molecule has 0 aliphatic heterocycles. The Morgan fingerprint density at radius 1 is 1.24 bits per heavy atom. The summed E-state index contributed by atoms with van der Waals surface area (Å²) in [5, 5.41) is 1.72. The molecular formula is C17H20N2O5S. The number of aromatic nitrogens is 2. The minimum absolute atomic E-state index is 0.00614. The Kier molecular flexibility index (Phi) is 5.73. The molecule has 0 aliphatic rings. The molecule has 8 heteroatoms. The number of aryl methyl sites for hydroxylation is 2. The minimum atomic E-state index is -0.557. The zero-order valence-corrected chi connectivity index (χ0v) is 15.4. The number of thiazole rings is 1. The normalized spacial score (nSPS) is 10.7. The Balaban J connectivity index is 1.94. The maximum Gasteiger partial charge on any atom is 0.308 e. The lowest BCUT2D eigenvalue weighted by Crippen LogP contribution is -2.20. The van der Waals surface area contributed by atoms with Crippen molar-refractivity contribution in [3.8, 4) is 0 Å². The highest BCUT2D eigenvalue weighted by molar-refractivity contribution is 7.07. The van der Waals surface area contributed by atoms with Crippen molar-refractivity contribution >= 4 is 28.9 Å². The molecule has 1 N–H and O–H groups in total. The lowest BCUT2D eigenvalue weighted by molar-refractivity contribution is -0.142. The summed E-state index contributed by atoms with van der Waals surface area (Å²) >= 11 is 1.08. The number of carbonyl (C=O) groups excluding carboxylic acids is 3. The van der Waals surface area contributed by atoms with Gasteiger partial charge in [-0.05, 0) is 33.3 Å². The second-order valence-electron chi connectivity index (χ2n) is 5.81. The Morgan fingerprint density at radius 2 is 1.92 bits per heavy atom. The molecule has 0 aromatic carbocycles. The highest BCUT2D eigenvalue weighted by Crippen LogP contribution is 2.19. The van der Waals surface area contributed by atoms with Gasteiger partial charge in [-0.3, -0.25) is 19.2 Å². The summed E-state index contributed by atoms with van der Waals surface area (Å²) in [7, 11) is 0. The van der Waals surface area contributed by atoms with E-state index in [1.165, 1.54) is 11.5 Å². The van der Waals surface area contributed by atoms with Crippen molar-refractivity contribution in [2.75, 3.05) is 6.61 Å². The third kappa shape index (κ3) is 4.14. The summed E-state index contributed by atoms with van der Waals surface area (Å²) in [5.74, 6) is -1.08. The first kappa shape index (κ1) is 18.9. The Morgan fingerprint density at radius 3 is 2.44 bits per heavy atom. The third-order valence-electron chi connectivity index (χ3n) is 3.95. The fraction of sp³-hybridized carbons (Fsp3) is 0.412. The number of nitrogens with zero attached hydrogens (tertiary/aromatic N) is 1. The average Bonchev–Trinajstić information content (AvgIpc) is 3.02. The summed E-state index contributed by atoms with van der Waals surface area (Å²) in [4.78, 5) is 50.0. The van der Waals surface area contributed by atoms with Crippen molar-refractivity contribution in [2.24, 2.45) is 0 Å². The average molecular weight is 364 g/mol. The monoisotopic (exact) mass is 364 g/mol. The van der Waals surface area contributed by atoms with Gasteiger partial charge in [0, 0.05) is 28.9 Å². The van der Waals surface area contributed by atoms with E-state index in [1.807, 2.05) is 0 Å². The Hall–Kier alpha value is -2.48. The van der Waals surface area contributed by atoms with Gasteiger partial charge in [0.15, 0.2) is 12.4 Å². The predicted molar refractivity (Wildman–Crippen MR) is 93.5 cm³/mol. The molecule has 0 fully saturated rings. The molecular weight excluding hydrogens is 344 g/mol. The van der Waals surface area contributed by atoms with Gasteiger partial charge < -0.3 is 14.3 Å². The molecule has 0 radical (unpaired) electrons. The number of ketones is 2. The molecule has 0 saturated heterocycles. The first-order chi connectivity index (χ1) is 11.7. The molecule has 2 aromatic heterocycles. The van der Waals surface area contributed by atoms with E-state index in [2.05, 4.69) is 4.98 Å². The van der Waals surface area contributed by atoms with Gasteiger partial charge in [-0.15, -0.1) is 0 Å². The van der Waals surface area contributed by atoms with Crippen LogP contribution in [0.4, 0.5) is 0 Å². The molecule has 0 atom stereocenters. The van der Waals surface area contributed by atoms with E-state index >= 15 is 0 Å². The number of H-pyrrole nitrogens is 1. The molecule has 25 heavy (non-hydrogen) atoms. The van der Waals surface area contributed by atoms with E-state index in [-0.39, 0.29) is 29.3 Å². The first-order valence-corrected chi connectivity index (χ1v) is 8.64. The SMILES string of the molecule is CC(=O)c1c(C)[nH]c(C(=O)COC(=O)CCn2c(C)csc2=O)c1C. The quantitative estimate of drug-likeness (QED) is 0.600. The molecule has 0 spiro atoms. The van der Waals surface area contributed by atoms with Crippen LogP contribution >= 0.6 is 11.3 Å². The molecule has 0 aliphatic carbocycles. The van der Waals surface area contributed by atoms with Crippen molar-refractivity contribution < 1.29 is 19.1 Å². The molecule has 0 saturated carbocycles. The summed E-state index contributed by atoms with van der Waals surface area (Å²) in [6, 6.07) is 0. The number of rotatable bonds is 7. The zero-order chi connectivity index (χ0) is 18.7. The van der Waals surface area contributed by atoms with E-state index in [4.69, 9.17) is 4.74 Å². The van der Waals surface area contributed by atoms with Crippen LogP contribution in [-0.4, -0.2) is 33.7 Å². The number of carbonyl (C=O) groups is 3. The lowest BCUT2D eigenvalue weighted by Gasteiger charge is -2.06. The maximum atomic E-state index is 12.2. The molecule has 2 rings (SSSR count). The number of esters is 1. The fourth-order valence-corrected chi connectivity index (χ4v) is 3.49. The molecule has 0 amide bonds. The van der Waals surface area contributed by atoms with Gasteiger partial charge in [0.1, 0.15) is 0 Å². The standard InChI is InChI=1S/C17H20N2O5S/c1-9-8-25-17(23)19(9)6-5-14(22)24-7-13(21)16-10(2)15(12(4)20)11(3)18-16/h8,18H,5-7H2,1-4H3. The topological polar surface area (TPSA) is 98.2 Å². The third-order valence-corrected chi connectivity index (χ3v) is 4.83. The van der Waals surface area contributed by atoms with Crippen LogP contribution in [0.3, 0.4) is 0 Å². The van der Waals surface area contributed by atoms with Crippen molar-refractivity contribution in [2.45, 2.75) is 40.7 Å². The minimum Gasteiger partial charge on any atom is -0.457 e. The van der Waals surface area contributed by atoms with E-state index in [1.54, 1.807) is 26.2 Å². The van der Waals surface area contributed by atoms with Crippen LogP contribution in [0.25, 0.3) is 0 Å². The number of hydrogen-bond acceptors (Lipinski definition) is 6. The van der Waals surface area contributed by atoms with Gasteiger partial charge in [-0.2, -0.15) is 0 Å². The van der Waals surface area contributed by atoms with Crippen molar-refractivity contribution in [3.63, 3.8) is 0 Å². The van der Waals surface area contributed by atoms with E-state index in [0.717, 1.165) is 17.0 Å². The number of ether oxygens (including phenoxy) is 1. The van der Waals surface area contributed by atoms with Crippen LogP contribution in [-0.2, 0) is 16.1 Å². The van der Waals surface area contributed by atoms with E-state index < -0.39 is 18.4 Å².